The third-order valence-corrected chi connectivity index (χ3v) is 12.0. The number of hydrogen-bond donors (Lipinski definition) is 0. The van der Waals surface area contributed by atoms with Crippen molar-refractivity contribution in [3.05, 3.63) is 128 Å². The van der Waals surface area contributed by atoms with E-state index in [1.807, 2.05) is 18.2 Å². The van der Waals surface area contributed by atoms with E-state index in [0.29, 0.717) is 47.2 Å². The van der Waals surface area contributed by atoms with Crippen LogP contribution in [0.25, 0.3) is 50.0 Å². The predicted octanol–water partition coefficient (Wildman–Crippen LogP) is 12.8. The quantitative estimate of drug-likeness (QED) is 0.0201. The molecule has 0 aliphatic carbocycles. The molecule has 7 rings (SSSR count). The fraction of sp³-hybridized carbons (Fsp3) is 0.280. The number of alkyl halides is 3. The minimum absolute atomic E-state index is 0. The Morgan fingerprint density at radius 3 is 2.01 bits per heavy atom. The molecule has 0 fully saturated rings. The number of thiophene rings is 2. The Kier molecular flexibility index (Phi) is 22.7. The van der Waals surface area contributed by atoms with E-state index >= 15 is 0 Å². The van der Waals surface area contributed by atoms with Crippen molar-refractivity contribution in [3.63, 3.8) is 0 Å². The Morgan fingerprint density at radius 2 is 1.38 bits per heavy atom. The fourth-order valence-corrected chi connectivity index (χ4v) is 8.55. The smallest absolute Gasteiger partial charge is 0.753 e. The Labute approximate surface area is 419 Å². The van der Waals surface area contributed by atoms with Gasteiger partial charge in [0.2, 0.25) is 0 Å². The van der Waals surface area contributed by atoms with Gasteiger partial charge in [-0.2, -0.15) is 18.3 Å². The van der Waals surface area contributed by atoms with Gasteiger partial charge in [0.15, 0.2) is 0 Å². The molecule has 0 unspecified atom stereocenters. The van der Waals surface area contributed by atoms with E-state index in [0.717, 1.165) is 39.8 Å². The second-order valence-corrected chi connectivity index (χ2v) is 17.4. The third kappa shape index (κ3) is 16.9. The van der Waals surface area contributed by atoms with Crippen LogP contribution in [0.1, 0.15) is 96.7 Å². The minimum atomic E-state index is -4.49. The maximum Gasteiger partial charge on any atom is 2.00 e. The van der Waals surface area contributed by atoms with Gasteiger partial charge in [0.1, 0.15) is 17.2 Å². The number of rotatable bonds is 18. The van der Waals surface area contributed by atoms with Gasteiger partial charge in [-0.3, -0.25) is 24.5 Å². The summed E-state index contributed by atoms with van der Waals surface area (Å²) in [5.41, 5.74) is 4.49. The first-order valence-corrected chi connectivity index (χ1v) is 23.4. The molecular weight excluding hydrogens is 1020 g/mol. The number of hydrogen-bond acceptors (Lipinski definition) is 12. The number of carbonyl (C=O) groups excluding carboxylic acids is 2. The molecule has 0 amide bonds. The van der Waals surface area contributed by atoms with Gasteiger partial charge in [-0.15, -0.1) is 22.7 Å². The van der Waals surface area contributed by atoms with Crippen molar-refractivity contribution < 1.29 is 51.7 Å². The Balaban J connectivity index is 0.000000293. The molecule has 0 aliphatic heterocycles. The first-order chi connectivity index (χ1) is 32.5. The second-order valence-electron chi connectivity index (χ2n) is 14.8. The summed E-state index contributed by atoms with van der Waals surface area (Å²) >= 11 is 7.15. The van der Waals surface area contributed by atoms with Crippen molar-refractivity contribution in [2.45, 2.75) is 91.2 Å². The van der Waals surface area contributed by atoms with Crippen LogP contribution in [0.2, 0.25) is 0 Å². The molecule has 0 bridgehead atoms. The van der Waals surface area contributed by atoms with E-state index in [2.05, 4.69) is 93.2 Å². The van der Waals surface area contributed by atoms with Gasteiger partial charge in [0.25, 0.3) is 12.9 Å². The maximum absolute atomic E-state index is 12.6. The Bertz CT molecular complexity index is 2790. The number of pyridine rings is 4. The predicted molar refractivity (Wildman–Crippen MR) is 260 cm³/mol. The molecule has 352 valence electrons. The molecule has 7 heterocycles. The molecule has 0 atom stereocenters. The Hall–Kier alpha value is -6.08. The molecule has 7 aromatic rings. The summed E-state index contributed by atoms with van der Waals surface area (Å²) in [5.74, 6) is 7.23. The summed E-state index contributed by atoms with van der Waals surface area (Å²) < 4.78 is 47.9. The first-order valence-electron chi connectivity index (χ1n) is 21.4. The molecule has 11 nitrogen and oxygen atoms in total. The van der Waals surface area contributed by atoms with Crippen LogP contribution in [-0.2, 0) is 48.1 Å². The molecule has 0 saturated carbocycles. The van der Waals surface area contributed by atoms with E-state index in [9.17, 15) is 22.8 Å². The monoisotopic (exact) mass is 1060 g/mol. The van der Waals surface area contributed by atoms with Crippen LogP contribution in [0, 0.1) is 18.8 Å². The summed E-state index contributed by atoms with van der Waals surface area (Å²) in [5, 5.41) is 15.2. The molecule has 0 spiro atoms. The van der Waals surface area contributed by atoms with Crippen LogP contribution in [0.3, 0.4) is 0 Å². The van der Waals surface area contributed by atoms with Crippen molar-refractivity contribution in [3.8, 4) is 67.9 Å². The number of carbonyl (C=O) groups is 2. The van der Waals surface area contributed by atoms with E-state index < -0.39 is 11.9 Å². The fourth-order valence-electron chi connectivity index (χ4n) is 6.59. The molecule has 0 N–H and O–H groups in total. The van der Waals surface area contributed by atoms with Crippen LogP contribution in [0.5, 0.6) is 11.5 Å². The number of isothiocyanates is 1. The largest absolute Gasteiger partial charge is 2.00 e. The maximum atomic E-state index is 12.6. The number of unbranched alkanes of at least 4 members (excludes halogenated alkanes) is 6. The van der Waals surface area contributed by atoms with Crippen molar-refractivity contribution in [1.82, 2.24) is 30.1 Å². The SMILES string of the molecule is CCCCCCc1cc(C)sc1C#Cc1ccnc(-c2cc(OC=O)cc(-c3cc(OC=O)ccn3)n2)c1.CCCCCCc1ccc(-c2ccc(-c3cc(C(F)(F)F)n[n-]3)nc2)s1.[N-]=C=S.[Ru+2]. The van der Waals surface area contributed by atoms with Crippen molar-refractivity contribution in [2.24, 2.45) is 0 Å². The van der Waals surface area contributed by atoms with Gasteiger partial charge in [0.05, 0.1) is 27.7 Å². The summed E-state index contributed by atoms with van der Waals surface area (Å²) in [4.78, 5) is 44.3. The average Bonchev–Trinajstić information content (AvgIpc) is 4.10. The normalized spacial score (nSPS) is 10.4. The summed E-state index contributed by atoms with van der Waals surface area (Å²) in [7, 11) is 0. The van der Waals surface area contributed by atoms with E-state index in [4.69, 9.17) is 14.9 Å². The van der Waals surface area contributed by atoms with Gasteiger partial charge >= 0.3 is 25.7 Å². The summed E-state index contributed by atoms with van der Waals surface area (Å²) in [6.07, 6.45) is 12.3. The van der Waals surface area contributed by atoms with E-state index in [1.165, 1.54) is 78.0 Å². The zero-order valence-corrected chi connectivity index (χ0v) is 41.5. The molecule has 7 aromatic heterocycles. The number of thiocarbonyl (C=S) groups is 1. The number of aromatic nitrogens is 6. The molecule has 0 aliphatic rings. The van der Waals surface area contributed by atoms with Crippen LogP contribution in [0.15, 0.2) is 91.4 Å². The Morgan fingerprint density at radius 1 is 0.735 bits per heavy atom. The number of ether oxygens (including phenoxy) is 2. The van der Waals surface area contributed by atoms with Gasteiger partial charge < -0.3 is 25.1 Å². The number of aryl methyl sites for hydroxylation is 3. The van der Waals surface area contributed by atoms with Crippen LogP contribution < -0.4 is 14.6 Å². The molecule has 18 heteroatoms. The van der Waals surface area contributed by atoms with Gasteiger partial charge in [-0.05, 0) is 92.8 Å². The molecule has 0 saturated heterocycles. The van der Waals surface area contributed by atoms with Crippen LogP contribution >= 0.6 is 34.9 Å². The number of nitrogens with zero attached hydrogens (tertiary/aromatic N) is 7. The molecule has 0 radical (unpaired) electrons. The van der Waals surface area contributed by atoms with Crippen molar-refractivity contribution in [1.29, 1.82) is 0 Å². The van der Waals surface area contributed by atoms with Crippen LogP contribution in [-0.4, -0.2) is 43.1 Å². The van der Waals surface area contributed by atoms with Gasteiger partial charge in [-0.1, -0.05) is 82.1 Å². The topological polar surface area (TPSA) is 153 Å². The summed E-state index contributed by atoms with van der Waals surface area (Å²) in [6.45, 7) is 7.22. The first kappa shape index (κ1) is 54.5. The zero-order valence-electron chi connectivity index (χ0n) is 37.4. The molecule has 0 aromatic carbocycles. The van der Waals surface area contributed by atoms with Crippen molar-refractivity contribution in [2.75, 3.05) is 0 Å². The van der Waals surface area contributed by atoms with Gasteiger partial charge in [-0.25, -0.2) is 4.98 Å². The van der Waals surface area contributed by atoms with Crippen molar-refractivity contribution >= 4 is 53.0 Å². The van der Waals surface area contributed by atoms with Crippen LogP contribution in [0.4, 0.5) is 13.2 Å². The van der Waals surface area contributed by atoms with E-state index in [-0.39, 0.29) is 30.9 Å². The summed E-state index contributed by atoms with van der Waals surface area (Å²) in [6, 6.07) is 20.9. The standard InChI is InChI=1S/C30H27N3O4S.C19H19F3N3S.CNS.Ru/c1-3-4-5-6-7-23-14-21(2)38-30(23)9-8-22-10-12-31-26(15-22)28-17-25(37-20-35)18-29(33-28)27-16-24(36-19-34)11-13-32-27;1-2-3-4-5-6-14-8-10-17(26-14)13-7-9-15(23-12-13)16-11-18(25-24-16)19(20,21)22;2-1-3;/h10-20H,3-7H2,1-2H3;7-12H,2-6H2,1H3;;/q;2*-1;+2. The molecule has 68 heavy (non-hydrogen) atoms. The van der Waals surface area contributed by atoms with Gasteiger partial charge in [0, 0.05) is 68.2 Å². The molecular formula is C50H46F3N7O4RuS3. The van der Waals surface area contributed by atoms with E-state index in [1.54, 1.807) is 65.4 Å². The number of halogens is 3. The third-order valence-electron chi connectivity index (χ3n) is 9.81. The second kappa shape index (κ2) is 28.3. The minimum Gasteiger partial charge on any atom is -0.753 e. The zero-order chi connectivity index (χ0) is 48.0. The average molecular weight is 1060 g/mol.